The fourth-order valence-electron chi connectivity index (χ4n) is 13.3. The van der Waals surface area contributed by atoms with Crippen LogP contribution in [-0.4, -0.2) is 26.5 Å². The second kappa shape index (κ2) is 19.6. The predicted molar refractivity (Wildman–Crippen MR) is 328 cm³/mol. The Balaban J connectivity index is 0.00000704. The Hall–Kier alpha value is -6.55. The molecule has 79 heavy (non-hydrogen) atoms. The van der Waals surface area contributed by atoms with Gasteiger partial charge in [0.2, 0.25) is 0 Å². The zero-order chi connectivity index (χ0) is 55.8. The monoisotopic (exact) mass is 1220 g/mol. The van der Waals surface area contributed by atoms with E-state index in [9.17, 15) is 0 Å². The summed E-state index contributed by atoms with van der Waals surface area (Å²) in [6, 6.07) is 55.6. The van der Waals surface area contributed by atoms with Crippen molar-refractivity contribution in [2.45, 2.75) is 164 Å². The van der Waals surface area contributed by atoms with Gasteiger partial charge in [0.05, 0.1) is 16.9 Å². The van der Waals surface area contributed by atoms with Gasteiger partial charge >= 0.3 is 21.1 Å². The van der Waals surface area contributed by atoms with Crippen molar-refractivity contribution in [1.82, 2.24) is 9.55 Å². The van der Waals surface area contributed by atoms with Crippen molar-refractivity contribution in [3.8, 4) is 28.4 Å². The fraction of sp³-hybridized carbons (Fsp3) is 0.342. The molecule has 0 saturated carbocycles. The van der Waals surface area contributed by atoms with E-state index in [2.05, 4.69) is 274 Å². The number of anilines is 1. The first-order valence-corrected chi connectivity index (χ1v) is 28.2. The number of amidine groups is 1. The van der Waals surface area contributed by atoms with Crippen molar-refractivity contribution in [1.29, 1.82) is 0 Å². The number of hydrogen-bond donors (Lipinski definition) is 0. The summed E-state index contributed by atoms with van der Waals surface area (Å²) in [4.78, 5) is 13.8. The average Bonchev–Trinajstić information content (AvgIpc) is 3.30. The summed E-state index contributed by atoms with van der Waals surface area (Å²) in [5.41, 5.74) is 19.4. The molecule has 2 aromatic heterocycles. The molecule has 0 spiro atoms. The van der Waals surface area contributed by atoms with E-state index in [0.29, 0.717) is 17.4 Å². The molecule has 0 bridgehead atoms. The van der Waals surface area contributed by atoms with E-state index < -0.39 is 11.1 Å². The van der Waals surface area contributed by atoms with E-state index in [4.69, 9.17) is 14.7 Å². The smallest absolute Gasteiger partial charge is 0.503 e. The van der Waals surface area contributed by atoms with Crippen LogP contribution in [-0.2, 0) is 37.3 Å². The van der Waals surface area contributed by atoms with Crippen molar-refractivity contribution in [2.75, 3.05) is 4.90 Å². The van der Waals surface area contributed by atoms with Gasteiger partial charge in [-0.2, -0.15) is 6.07 Å². The van der Waals surface area contributed by atoms with Gasteiger partial charge in [-0.1, -0.05) is 196 Å². The fourth-order valence-corrected chi connectivity index (χ4v) is 13.3. The molecule has 0 aliphatic carbocycles. The van der Waals surface area contributed by atoms with E-state index >= 15 is 0 Å². The van der Waals surface area contributed by atoms with E-state index in [-0.39, 0.29) is 43.2 Å². The second-order valence-electron chi connectivity index (χ2n) is 26.5. The van der Waals surface area contributed by atoms with Gasteiger partial charge in [0.15, 0.2) is 0 Å². The first-order chi connectivity index (χ1) is 36.7. The van der Waals surface area contributed by atoms with Crippen LogP contribution >= 0.6 is 0 Å². The van der Waals surface area contributed by atoms with Crippen LogP contribution in [0.3, 0.4) is 0 Å². The largest absolute Gasteiger partial charge is 2.00 e. The molecule has 0 fully saturated rings. The van der Waals surface area contributed by atoms with Gasteiger partial charge in [0.25, 0.3) is 0 Å². The number of rotatable bonds is 9. The van der Waals surface area contributed by atoms with Crippen LogP contribution < -0.4 is 9.64 Å². The summed E-state index contributed by atoms with van der Waals surface area (Å²) in [6.45, 7) is 41.3. The number of aromatic nitrogens is 2. The minimum Gasteiger partial charge on any atom is -0.503 e. The van der Waals surface area contributed by atoms with Crippen molar-refractivity contribution >= 4 is 33.3 Å². The first-order valence-electron chi connectivity index (χ1n) is 28.2. The van der Waals surface area contributed by atoms with Gasteiger partial charge in [0.1, 0.15) is 5.82 Å². The zero-order valence-electron chi connectivity index (χ0n) is 49.9. The molecule has 0 amide bonds. The maximum absolute atomic E-state index is 7.38. The van der Waals surface area contributed by atoms with Crippen molar-refractivity contribution in [3.05, 3.63) is 218 Å². The van der Waals surface area contributed by atoms with E-state index in [1.54, 1.807) is 0 Å². The van der Waals surface area contributed by atoms with Gasteiger partial charge in [-0.3, -0.25) is 0 Å². The summed E-state index contributed by atoms with van der Waals surface area (Å²) in [5.74, 6) is 3.27. The normalized spacial score (nSPS) is 16.7. The summed E-state index contributed by atoms with van der Waals surface area (Å²) < 4.78 is 9.74. The Morgan fingerprint density at radius 2 is 1.22 bits per heavy atom. The van der Waals surface area contributed by atoms with Gasteiger partial charge in [-0.05, 0) is 144 Å². The van der Waals surface area contributed by atoms with E-state index in [0.717, 1.165) is 44.9 Å². The summed E-state index contributed by atoms with van der Waals surface area (Å²) in [7, 11) is 0. The summed E-state index contributed by atoms with van der Waals surface area (Å²) in [5, 5.41) is 2.35. The van der Waals surface area contributed by atoms with Crippen LogP contribution in [0.1, 0.15) is 174 Å². The molecule has 1 atom stereocenters. The number of aliphatic imine (C=N–C) groups is 1. The summed E-state index contributed by atoms with van der Waals surface area (Å²) in [6.07, 6.45) is 1.95. The molecule has 0 saturated heterocycles. The number of hydrogen-bond acceptors (Lipinski definition) is 4. The van der Waals surface area contributed by atoms with Crippen LogP contribution in [0.2, 0.25) is 0 Å². The molecule has 9 aromatic rings. The molecule has 0 radical (unpaired) electrons. The standard InChI is InChI=1S/C73H78N4O.Pt/c1-43(2)51-35-54(69(8,9)10)39-56(36-51)77-67(75-72(16,17)73(77,18)65(49-25-21-19-22-26-49)50-27-23-20-24-28-50)53-34-52(63-47(6)31-44(3)32-48(63)7)37-57(38-53)78-62-42-61-58(33-46(62)5)59-40-55(70(11,12)13)41-60-66(59)76(61)68-64(71(60,14)15)45(4)29-30-74-68;/h19-37,39-41,43,65H,1-18H3;/q-2;+2/t73-;/m0./s1. The number of aryl methyl sites for hydroxylation is 5. The number of ether oxygens (including phenoxy) is 1. The summed E-state index contributed by atoms with van der Waals surface area (Å²) >= 11 is 0. The van der Waals surface area contributed by atoms with Gasteiger partial charge in [-0.25, -0.2) is 4.98 Å². The number of nitrogens with zero attached hydrogens (tertiary/aromatic N) is 4. The SMILES string of the molecule is Cc1cc(C)c(-c2cc(Oc3[c-]c4c(cc3C)c3cc(C(C)(C)C)cc5c3n4-c3nccc(C)c3C5(C)C)[c-]c(C3=NC(C)(C)[C@](C)(C(c4ccccc4)c4ccccc4)N3c3cc(C(C)C)cc(C(C)(C)C)c3)c2)c(C)c1.[Pt+2]. The molecule has 2 aliphatic heterocycles. The maximum atomic E-state index is 7.38. The minimum absolute atomic E-state index is 0. The van der Waals surface area contributed by atoms with Crippen molar-refractivity contribution < 1.29 is 25.8 Å². The quantitative estimate of drug-likeness (QED) is 0.135. The van der Waals surface area contributed by atoms with Crippen LogP contribution in [0, 0.1) is 46.8 Å². The Morgan fingerprint density at radius 3 is 1.81 bits per heavy atom. The Morgan fingerprint density at radius 1 is 0.608 bits per heavy atom. The molecular weight excluding hydrogens is 1140 g/mol. The first kappa shape index (κ1) is 55.8. The van der Waals surface area contributed by atoms with Crippen LogP contribution in [0.15, 0.2) is 139 Å². The molecule has 5 nitrogen and oxygen atoms in total. The van der Waals surface area contributed by atoms with Crippen molar-refractivity contribution in [3.63, 3.8) is 0 Å². The van der Waals surface area contributed by atoms with E-state index in [1.165, 1.54) is 77.7 Å². The molecule has 406 valence electrons. The third-order valence-electron chi connectivity index (χ3n) is 17.7. The van der Waals surface area contributed by atoms with E-state index in [1.807, 2.05) is 6.20 Å². The molecule has 6 heteroatoms. The topological polar surface area (TPSA) is 42.6 Å². The molecule has 7 aromatic carbocycles. The van der Waals surface area contributed by atoms with Crippen molar-refractivity contribution in [2.24, 2.45) is 4.99 Å². The third kappa shape index (κ3) is 9.21. The van der Waals surface area contributed by atoms with Crippen LogP contribution in [0.5, 0.6) is 11.5 Å². The third-order valence-corrected chi connectivity index (χ3v) is 17.7. The van der Waals surface area contributed by atoms with Crippen LogP contribution in [0.4, 0.5) is 5.69 Å². The minimum atomic E-state index is -0.646. The van der Waals surface area contributed by atoms with Gasteiger partial charge in [0, 0.05) is 45.8 Å². The number of pyridine rings is 1. The zero-order valence-corrected chi connectivity index (χ0v) is 52.1. The Labute approximate surface area is 485 Å². The molecule has 0 N–H and O–H groups in total. The number of benzene rings is 7. The molecule has 11 rings (SSSR count). The molecule has 0 unspecified atom stereocenters. The second-order valence-corrected chi connectivity index (χ2v) is 26.5. The Kier molecular flexibility index (Phi) is 13.8. The number of fused-ring (bicyclic) bond motifs is 5. The van der Waals surface area contributed by atoms with Gasteiger partial charge < -0.3 is 19.2 Å². The maximum Gasteiger partial charge on any atom is 2.00 e. The molecule has 2 aliphatic rings. The van der Waals surface area contributed by atoms with Crippen LogP contribution in [0.25, 0.3) is 38.8 Å². The Bertz CT molecular complexity index is 3840. The predicted octanol–water partition coefficient (Wildman–Crippen LogP) is 18.8. The molecule has 4 heterocycles. The molecular formula is C73H78N4OPt. The van der Waals surface area contributed by atoms with Gasteiger partial charge in [-0.15, -0.1) is 28.6 Å². The average molecular weight is 1220 g/mol.